The first-order chi connectivity index (χ1) is 11.7. The van der Waals surface area contributed by atoms with Crippen molar-refractivity contribution in [2.75, 3.05) is 0 Å². The second-order valence-corrected chi connectivity index (χ2v) is 6.81. The van der Waals surface area contributed by atoms with Gasteiger partial charge in [-0.25, -0.2) is 4.31 Å². The lowest BCUT2D eigenvalue weighted by Crippen LogP contribution is -2.27. The molecular formula is C20H23NO2S. The molecule has 2 aromatic carbocycles. The molecule has 3 nitrogen and oxygen atoms in total. The maximum atomic E-state index is 11.0. The summed E-state index contributed by atoms with van der Waals surface area (Å²) < 4.78 is 2.36. The number of aldehydes is 2. The Bertz CT molecular complexity index is 666. The molecule has 4 heteroatoms. The first-order valence-corrected chi connectivity index (χ1v) is 9.01. The lowest BCUT2D eigenvalue weighted by atomic mass is 10.1. The van der Waals surface area contributed by atoms with Crippen LogP contribution in [0.5, 0.6) is 0 Å². The topological polar surface area (TPSA) is 37.4 Å². The van der Waals surface area contributed by atoms with Crippen molar-refractivity contribution >= 4 is 24.5 Å². The van der Waals surface area contributed by atoms with E-state index in [-0.39, 0.29) is 0 Å². The molecule has 0 fully saturated rings. The van der Waals surface area contributed by atoms with Gasteiger partial charge in [-0.05, 0) is 48.6 Å². The van der Waals surface area contributed by atoms with E-state index in [2.05, 4.69) is 24.2 Å². The van der Waals surface area contributed by atoms with Crippen LogP contribution in [0.2, 0.25) is 0 Å². The second kappa shape index (κ2) is 9.40. The molecule has 0 heterocycles. The van der Waals surface area contributed by atoms with E-state index in [0.29, 0.717) is 17.2 Å². The Kier molecular flexibility index (Phi) is 7.22. The van der Waals surface area contributed by atoms with Crippen LogP contribution in [0.15, 0.2) is 53.4 Å². The fourth-order valence-corrected chi connectivity index (χ4v) is 3.81. The molecule has 0 N–H and O–H groups in total. The quantitative estimate of drug-likeness (QED) is 0.474. The van der Waals surface area contributed by atoms with E-state index >= 15 is 0 Å². The Morgan fingerprint density at radius 1 is 0.958 bits per heavy atom. The maximum Gasteiger partial charge on any atom is 0.150 e. The molecule has 0 radical (unpaired) electrons. The SMILES string of the molecule is CCC(CC)N(Cc1cccc(C=O)c1)Sc1ccc(C=O)cc1. The van der Waals surface area contributed by atoms with Gasteiger partial charge in [-0.15, -0.1) is 0 Å². The Labute approximate surface area is 148 Å². The fraction of sp³-hybridized carbons (Fsp3) is 0.300. The molecule has 2 aromatic rings. The van der Waals surface area contributed by atoms with Crippen LogP contribution < -0.4 is 0 Å². The zero-order chi connectivity index (χ0) is 17.4. The van der Waals surface area contributed by atoms with Gasteiger partial charge < -0.3 is 0 Å². The van der Waals surface area contributed by atoms with Crippen molar-refractivity contribution in [1.82, 2.24) is 4.31 Å². The van der Waals surface area contributed by atoms with Crippen molar-refractivity contribution in [3.63, 3.8) is 0 Å². The van der Waals surface area contributed by atoms with E-state index in [9.17, 15) is 9.59 Å². The predicted octanol–water partition coefficient (Wildman–Crippen LogP) is 5.01. The van der Waals surface area contributed by atoms with Gasteiger partial charge in [0.15, 0.2) is 0 Å². The number of nitrogens with zero attached hydrogens (tertiary/aromatic N) is 1. The van der Waals surface area contributed by atoms with E-state index in [0.717, 1.165) is 42.4 Å². The number of rotatable bonds is 9. The molecular weight excluding hydrogens is 318 g/mol. The third kappa shape index (κ3) is 5.05. The highest BCUT2D eigenvalue weighted by Gasteiger charge is 2.17. The van der Waals surface area contributed by atoms with Crippen molar-refractivity contribution in [3.8, 4) is 0 Å². The highest BCUT2D eigenvalue weighted by Crippen LogP contribution is 2.29. The summed E-state index contributed by atoms with van der Waals surface area (Å²) in [5.74, 6) is 0. The summed E-state index contributed by atoms with van der Waals surface area (Å²) in [6, 6.07) is 15.8. The van der Waals surface area contributed by atoms with Crippen LogP contribution >= 0.6 is 11.9 Å². The minimum absolute atomic E-state index is 0.445. The molecule has 0 unspecified atom stereocenters. The van der Waals surface area contributed by atoms with E-state index in [1.807, 2.05) is 42.5 Å². The predicted molar refractivity (Wildman–Crippen MR) is 99.4 cm³/mol. The molecule has 0 aliphatic rings. The molecule has 0 amide bonds. The summed E-state index contributed by atoms with van der Waals surface area (Å²) in [6.07, 6.45) is 3.86. The van der Waals surface area contributed by atoms with Gasteiger partial charge in [0.05, 0.1) is 0 Å². The van der Waals surface area contributed by atoms with Gasteiger partial charge in [-0.2, -0.15) is 0 Å². The number of hydrogen-bond acceptors (Lipinski definition) is 4. The standard InChI is InChI=1S/C20H23NO2S/c1-3-19(4-2)21(13-17-6-5-7-18(12-17)15-23)24-20-10-8-16(14-22)9-11-20/h5-12,14-15,19H,3-4,13H2,1-2H3. The molecule has 0 aliphatic heterocycles. The first kappa shape index (κ1) is 18.4. The van der Waals surface area contributed by atoms with Crippen molar-refractivity contribution in [2.45, 2.75) is 44.2 Å². The smallest absolute Gasteiger partial charge is 0.150 e. The molecule has 24 heavy (non-hydrogen) atoms. The van der Waals surface area contributed by atoms with E-state index in [1.165, 1.54) is 0 Å². The minimum Gasteiger partial charge on any atom is -0.298 e. The summed E-state index contributed by atoms with van der Waals surface area (Å²) in [7, 11) is 0. The van der Waals surface area contributed by atoms with Crippen LogP contribution in [-0.2, 0) is 6.54 Å². The molecule has 0 saturated carbocycles. The Hall–Kier alpha value is -1.91. The Morgan fingerprint density at radius 3 is 2.21 bits per heavy atom. The van der Waals surface area contributed by atoms with Gasteiger partial charge in [0.1, 0.15) is 12.6 Å². The van der Waals surface area contributed by atoms with Crippen molar-refractivity contribution in [3.05, 3.63) is 65.2 Å². The summed E-state index contributed by atoms with van der Waals surface area (Å²) >= 11 is 1.70. The molecule has 126 valence electrons. The average molecular weight is 341 g/mol. The van der Waals surface area contributed by atoms with Crippen molar-refractivity contribution in [1.29, 1.82) is 0 Å². The summed E-state index contributed by atoms with van der Waals surface area (Å²) in [4.78, 5) is 22.9. The van der Waals surface area contributed by atoms with Crippen LogP contribution in [0, 0.1) is 0 Å². The van der Waals surface area contributed by atoms with Gasteiger partial charge in [0.25, 0.3) is 0 Å². The first-order valence-electron chi connectivity index (χ1n) is 8.24. The zero-order valence-electron chi connectivity index (χ0n) is 14.1. The van der Waals surface area contributed by atoms with Crippen LogP contribution in [0.1, 0.15) is 53.0 Å². The number of carbonyl (C=O) groups excluding carboxylic acids is 2. The summed E-state index contributed by atoms with van der Waals surface area (Å²) in [5.41, 5.74) is 2.52. The van der Waals surface area contributed by atoms with Crippen LogP contribution in [-0.4, -0.2) is 22.9 Å². The lowest BCUT2D eigenvalue weighted by Gasteiger charge is -2.29. The maximum absolute atomic E-state index is 11.0. The molecule has 0 saturated heterocycles. The van der Waals surface area contributed by atoms with Crippen LogP contribution in [0.3, 0.4) is 0 Å². The molecule has 0 aliphatic carbocycles. The van der Waals surface area contributed by atoms with Crippen LogP contribution in [0.4, 0.5) is 0 Å². The van der Waals surface area contributed by atoms with Gasteiger partial charge in [0, 0.05) is 28.6 Å². The lowest BCUT2D eigenvalue weighted by molar-refractivity contribution is 0.111. The largest absolute Gasteiger partial charge is 0.298 e. The van der Waals surface area contributed by atoms with Gasteiger partial charge in [0.2, 0.25) is 0 Å². The number of hydrogen-bond donors (Lipinski definition) is 0. The normalized spacial score (nSPS) is 11.0. The van der Waals surface area contributed by atoms with Gasteiger partial charge in [-0.3, -0.25) is 9.59 Å². The van der Waals surface area contributed by atoms with E-state index < -0.39 is 0 Å². The molecule has 0 aromatic heterocycles. The Balaban J connectivity index is 2.19. The third-order valence-corrected chi connectivity index (χ3v) is 5.16. The van der Waals surface area contributed by atoms with E-state index in [1.54, 1.807) is 11.9 Å². The van der Waals surface area contributed by atoms with Crippen LogP contribution in [0.25, 0.3) is 0 Å². The monoisotopic (exact) mass is 341 g/mol. The highest BCUT2D eigenvalue weighted by atomic mass is 32.2. The number of carbonyl (C=O) groups is 2. The van der Waals surface area contributed by atoms with Crippen molar-refractivity contribution in [2.24, 2.45) is 0 Å². The molecule has 0 spiro atoms. The zero-order valence-corrected chi connectivity index (χ0v) is 15.0. The molecule has 2 rings (SSSR count). The van der Waals surface area contributed by atoms with Gasteiger partial charge in [-0.1, -0.05) is 44.2 Å². The Morgan fingerprint density at radius 2 is 1.62 bits per heavy atom. The minimum atomic E-state index is 0.445. The molecule has 0 atom stereocenters. The second-order valence-electron chi connectivity index (χ2n) is 5.69. The summed E-state index contributed by atoms with van der Waals surface area (Å²) in [5, 5.41) is 0. The summed E-state index contributed by atoms with van der Waals surface area (Å²) in [6.45, 7) is 5.16. The average Bonchev–Trinajstić information content (AvgIpc) is 2.63. The fourth-order valence-electron chi connectivity index (χ4n) is 2.62. The third-order valence-electron chi connectivity index (χ3n) is 4.01. The van der Waals surface area contributed by atoms with Gasteiger partial charge >= 0.3 is 0 Å². The highest BCUT2D eigenvalue weighted by molar-refractivity contribution is 7.97. The van der Waals surface area contributed by atoms with Crippen molar-refractivity contribution < 1.29 is 9.59 Å². The molecule has 0 bridgehead atoms. The number of benzene rings is 2. The van der Waals surface area contributed by atoms with E-state index in [4.69, 9.17) is 0 Å².